The van der Waals surface area contributed by atoms with Gasteiger partial charge in [0, 0.05) is 20.1 Å². The lowest BCUT2D eigenvalue weighted by Crippen LogP contribution is -2.48. The lowest BCUT2D eigenvalue weighted by atomic mass is 10.1. The van der Waals surface area contributed by atoms with E-state index in [1.807, 2.05) is 22.9 Å². The first kappa shape index (κ1) is 13.7. The molecule has 0 radical (unpaired) electrons. The minimum absolute atomic E-state index is 0.148. The minimum Gasteiger partial charge on any atom is -0.357 e. The number of hydrogen-bond donors (Lipinski definition) is 1. The number of thiophene rings is 1. The molecule has 21 heavy (non-hydrogen) atoms. The number of likely N-dealkylation sites (N-methyl/N-ethyl adjacent to an activating group) is 1. The Morgan fingerprint density at radius 1 is 1.38 bits per heavy atom. The zero-order valence-electron chi connectivity index (χ0n) is 11.7. The third-order valence-electron chi connectivity index (χ3n) is 3.57. The molecule has 7 nitrogen and oxygen atoms in total. The van der Waals surface area contributed by atoms with Gasteiger partial charge in [0.15, 0.2) is 11.9 Å². The fourth-order valence-corrected chi connectivity index (χ4v) is 3.19. The van der Waals surface area contributed by atoms with Crippen molar-refractivity contribution >= 4 is 23.2 Å². The molecule has 0 bridgehead atoms. The van der Waals surface area contributed by atoms with E-state index in [1.165, 1.54) is 11.3 Å². The Balaban J connectivity index is 2.01. The molecule has 1 aliphatic heterocycles. The van der Waals surface area contributed by atoms with Crippen LogP contribution in [0.1, 0.15) is 27.4 Å². The van der Waals surface area contributed by atoms with Crippen LogP contribution < -0.4 is 5.32 Å². The third kappa shape index (κ3) is 2.21. The summed E-state index contributed by atoms with van der Waals surface area (Å²) in [6.07, 6.45) is 0. The second-order valence-corrected chi connectivity index (χ2v) is 5.70. The highest BCUT2D eigenvalue weighted by atomic mass is 32.1. The fraction of sp³-hybridized carbons (Fsp3) is 0.385. The van der Waals surface area contributed by atoms with E-state index in [0.29, 0.717) is 23.8 Å². The van der Waals surface area contributed by atoms with E-state index >= 15 is 0 Å². The van der Waals surface area contributed by atoms with Crippen LogP contribution in [-0.2, 0) is 11.3 Å². The SMILES string of the molecule is CNC(=O)C1c2nnc(C)n2CCN1C(=O)c1cccs1. The van der Waals surface area contributed by atoms with Gasteiger partial charge in [0.1, 0.15) is 5.82 Å². The fourth-order valence-electron chi connectivity index (χ4n) is 2.51. The molecule has 1 unspecified atom stereocenters. The quantitative estimate of drug-likeness (QED) is 0.880. The van der Waals surface area contributed by atoms with E-state index in [1.54, 1.807) is 18.0 Å². The Labute approximate surface area is 125 Å². The van der Waals surface area contributed by atoms with Gasteiger partial charge in [-0.25, -0.2) is 0 Å². The van der Waals surface area contributed by atoms with Gasteiger partial charge >= 0.3 is 0 Å². The van der Waals surface area contributed by atoms with Crippen LogP contribution in [0.25, 0.3) is 0 Å². The number of aromatic nitrogens is 3. The van der Waals surface area contributed by atoms with Crippen LogP contribution in [0.4, 0.5) is 0 Å². The summed E-state index contributed by atoms with van der Waals surface area (Å²) in [5.74, 6) is 0.865. The average molecular weight is 305 g/mol. The van der Waals surface area contributed by atoms with Gasteiger partial charge in [-0.1, -0.05) is 6.07 Å². The van der Waals surface area contributed by atoms with E-state index in [0.717, 1.165) is 5.82 Å². The van der Waals surface area contributed by atoms with Gasteiger partial charge in [0.2, 0.25) is 0 Å². The molecule has 1 N–H and O–H groups in total. The van der Waals surface area contributed by atoms with Gasteiger partial charge in [0.05, 0.1) is 4.88 Å². The first-order valence-corrected chi connectivity index (χ1v) is 7.47. The highest BCUT2D eigenvalue weighted by molar-refractivity contribution is 7.12. The molecular weight excluding hydrogens is 290 g/mol. The molecule has 0 aliphatic carbocycles. The normalized spacial score (nSPS) is 17.4. The molecule has 0 spiro atoms. The molecule has 2 amide bonds. The Bertz CT molecular complexity index is 679. The molecule has 3 heterocycles. The summed E-state index contributed by atoms with van der Waals surface area (Å²) in [4.78, 5) is 27.0. The van der Waals surface area contributed by atoms with Gasteiger partial charge < -0.3 is 14.8 Å². The molecule has 3 rings (SSSR count). The number of nitrogens with zero attached hydrogens (tertiary/aromatic N) is 4. The predicted molar refractivity (Wildman–Crippen MR) is 76.9 cm³/mol. The molecule has 1 atom stereocenters. The van der Waals surface area contributed by atoms with Gasteiger partial charge in [-0.2, -0.15) is 0 Å². The van der Waals surface area contributed by atoms with Crippen LogP contribution in [0.2, 0.25) is 0 Å². The van der Waals surface area contributed by atoms with Gasteiger partial charge in [-0.05, 0) is 18.4 Å². The van der Waals surface area contributed by atoms with Crippen molar-refractivity contribution < 1.29 is 9.59 Å². The Morgan fingerprint density at radius 2 is 2.19 bits per heavy atom. The van der Waals surface area contributed by atoms with Crippen LogP contribution in [0.5, 0.6) is 0 Å². The number of hydrogen-bond acceptors (Lipinski definition) is 5. The topological polar surface area (TPSA) is 80.1 Å². The number of aryl methyl sites for hydroxylation is 1. The first-order chi connectivity index (χ1) is 10.1. The number of nitrogens with one attached hydrogen (secondary N) is 1. The average Bonchev–Trinajstić information content (AvgIpc) is 3.15. The van der Waals surface area contributed by atoms with Crippen LogP contribution >= 0.6 is 11.3 Å². The van der Waals surface area contributed by atoms with Crippen molar-refractivity contribution in [3.63, 3.8) is 0 Å². The number of amides is 2. The molecular formula is C13H15N5O2S. The van der Waals surface area contributed by atoms with E-state index in [9.17, 15) is 9.59 Å². The molecule has 2 aromatic heterocycles. The largest absolute Gasteiger partial charge is 0.357 e. The second kappa shape index (κ2) is 5.28. The van der Waals surface area contributed by atoms with Crippen molar-refractivity contribution in [3.05, 3.63) is 34.0 Å². The lowest BCUT2D eigenvalue weighted by molar-refractivity contribution is -0.126. The lowest BCUT2D eigenvalue weighted by Gasteiger charge is -2.34. The minimum atomic E-state index is -0.737. The van der Waals surface area contributed by atoms with Crippen molar-refractivity contribution in [1.82, 2.24) is 25.0 Å². The number of fused-ring (bicyclic) bond motifs is 1. The molecule has 1 aliphatic rings. The number of rotatable bonds is 2. The van der Waals surface area contributed by atoms with Crippen LogP contribution in [-0.4, -0.2) is 45.1 Å². The molecule has 0 saturated heterocycles. The molecule has 0 fully saturated rings. The summed E-state index contributed by atoms with van der Waals surface area (Å²) in [6, 6.07) is 2.85. The smallest absolute Gasteiger partial charge is 0.265 e. The van der Waals surface area contributed by atoms with E-state index in [4.69, 9.17) is 0 Å². The van der Waals surface area contributed by atoms with E-state index < -0.39 is 6.04 Å². The monoisotopic (exact) mass is 305 g/mol. The van der Waals surface area contributed by atoms with Crippen LogP contribution in [0, 0.1) is 6.92 Å². The summed E-state index contributed by atoms with van der Waals surface area (Å²) in [6.45, 7) is 2.90. The number of carbonyl (C=O) groups excluding carboxylic acids is 2. The van der Waals surface area contributed by atoms with Crippen molar-refractivity contribution in [2.24, 2.45) is 0 Å². The van der Waals surface area contributed by atoms with Crippen molar-refractivity contribution in [2.45, 2.75) is 19.5 Å². The van der Waals surface area contributed by atoms with Crippen molar-refractivity contribution in [1.29, 1.82) is 0 Å². The Morgan fingerprint density at radius 3 is 2.86 bits per heavy atom. The maximum absolute atomic E-state index is 12.6. The maximum Gasteiger partial charge on any atom is 0.265 e. The molecule has 8 heteroatoms. The Kier molecular flexibility index (Phi) is 3.46. The second-order valence-electron chi connectivity index (χ2n) is 4.75. The van der Waals surface area contributed by atoms with Crippen molar-refractivity contribution in [2.75, 3.05) is 13.6 Å². The molecule has 0 saturated carbocycles. The molecule has 2 aromatic rings. The zero-order valence-corrected chi connectivity index (χ0v) is 12.6. The van der Waals surface area contributed by atoms with Crippen LogP contribution in [0.3, 0.4) is 0 Å². The summed E-state index contributed by atoms with van der Waals surface area (Å²) < 4.78 is 1.89. The maximum atomic E-state index is 12.6. The van der Waals surface area contributed by atoms with Gasteiger partial charge in [-0.3, -0.25) is 9.59 Å². The molecule has 110 valence electrons. The highest BCUT2D eigenvalue weighted by Crippen LogP contribution is 2.27. The van der Waals surface area contributed by atoms with Gasteiger partial charge in [0.25, 0.3) is 11.8 Å². The number of carbonyl (C=O) groups is 2. The summed E-state index contributed by atoms with van der Waals surface area (Å²) in [5.41, 5.74) is 0. The first-order valence-electron chi connectivity index (χ1n) is 6.59. The van der Waals surface area contributed by atoms with E-state index in [-0.39, 0.29) is 11.8 Å². The standard InChI is InChI=1S/C13H15N5O2S/c1-8-15-16-11-10(12(19)14-2)18(6-5-17(8)11)13(20)9-4-3-7-21-9/h3-4,7,10H,5-6H2,1-2H3,(H,14,19). The van der Waals surface area contributed by atoms with Crippen LogP contribution in [0.15, 0.2) is 17.5 Å². The van der Waals surface area contributed by atoms with Gasteiger partial charge in [-0.15, -0.1) is 21.5 Å². The summed E-state index contributed by atoms with van der Waals surface area (Å²) in [7, 11) is 1.55. The highest BCUT2D eigenvalue weighted by Gasteiger charge is 2.38. The predicted octanol–water partition coefficient (Wildman–Crippen LogP) is 0.591. The summed E-state index contributed by atoms with van der Waals surface area (Å²) in [5, 5.41) is 12.6. The van der Waals surface area contributed by atoms with E-state index in [2.05, 4.69) is 15.5 Å². The molecule has 0 aromatic carbocycles. The van der Waals surface area contributed by atoms with Crippen molar-refractivity contribution in [3.8, 4) is 0 Å². The Hall–Kier alpha value is -2.22. The zero-order chi connectivity index (χ0) is 15.0. The third-order valence-corrected chi connectivity index (χ3v) is 4.43. The summed E-state index contributed by atoms with van der Waals surface area (Å²) >= 11 is 1.37.